The van der Waals surface area contributed by atoms with Gasteiger partial charge in [-0.25, -0.2) is 4.98 Å². The van der Waals surface area contributed by atoms with Gasteiger partial charge >= 0.3 is 0 Å². The fraction of sp³-hybridized carbons (Fsp3) is 0.667. The predicted molar refractivity (Wildman–Crippen MR) is 60.2 cm³/mol. The average molecular weight is 205 g/mol. The zero-order valence-corrected chi connectivity index (χ0v) is 9.82. The summed E-state index contributed by atoms with van der Waals surface area (Å²) < 4.78 is 2.17. The molecule has 0 atom stereocenters. The monoisotopic (exact) mass is 205 g/mol. The van der Waals surface area contributed by atoms with Crippen LogP contribution in [-0.4, -0.2) is 9.55 Å². The molecular formula is C12H19N3. The van der Waals surface area contributed by atoms with Gasteiger partial charge in [-0.05, 0) is 26.7 Å². The second-order valence-electron chi connectivity index (χ2n) is 4.49. The molecule has 0 aliphatic carbocycles. The fourth-order valence-electron chi connectivity index (χ4n) is 1.61. The summed E-state index contributed by atoms with van der Waals surface area (Å²) in [5.41, 5.74) is -0.201. The van der Waals surface area contributed by atoms with E-state index >= 15 is 0 Å². The fourth-order valence-corrected chi connectivity index (χ4v) is 1.61. The summed E-state index contributed by atoms with van der Waals surface area (Å²) in [6.45, 7) is 7.05. The van der Waals surface area contributed by atoms with Crippen molar-refractivity contribution in [3.05, 3.63) is 18.2 Å². The summed E-state index contributed by atoms with van der Waals surface area (Å²) in [4.78, 5) is 4.27. The van der Waals surface area contributed by atoms with Gasteiger partial charge in [0.15, 0.2) is 0 Å². The Balaban J connectivity index is 2.42. The van der Waals surface area contributed by atoms with Gasteiger partial charge < -0.3 is 4.57 Å². The van der Waals surface area contributed by atoms with E-state index in [0.717, 1.165) is 31.6 Å². The first-order valence-corrected chi connectivity index (χ1v) is 5.50. The number of aryl methyl sites for hydroxylation is 2. The summed E-state index contributed by atoms with van der Waals surface area (Å²) in [5.74, 6) is 1.13. The van der Waals surface area contributed by atoms with E-state index in [0.29, 0.717) is 0 Å². The second-order valence-corrected chi connectivity index (χ2v) is 4.49. The molecule has 0 amide bonds. The van der Waals surface area contributed by atoms with Crippen molar-refractivity contribution < 1.29 is 0 Å². The number of hydrogen-bond acceptors (Lipinski definition) is 2. The predicted octanol–water partition coefficient (Wildman–Crippen LogP) is 2.78. The van der Waals surface area contributed by atoms with Crippen LogP contribution in [0.15, 0.2) is 12.4 Å². The minimum Gasteiger partial charge on any atom is -0.335 e. The van der Waals surface area contributed by atoms with Crippen LogP contribution < -0.4 is 0 Å². The second kappa shape index (κ2) is 4.97. The molecule has 0 aliphatic heterocycles. The topological polar surface area (TPSA) is 41.6 Å². The number of imidazole rings is 1. The van der Waals surface area contributed by atoms with Crippen LogP contribution in [0.2, 0.25) is 0 Å². The number of hydrogen-bond donors (Lipinski definition) is 0. The van der Waals surface area contributed by atoms with E-state index < -0.39 is 0 Å². The molecular weight excluding hydrogens is 186 g/mol. The Morgan fingerprint density at radius 2 is 2.27 bits per heavy atom. The van der Waals surface area contributed by atoms with Gasteiger partial charge in [0.2, 0.25) is 0 Å². The summed E-state index contributed by atoms with van der Waals surface area (Å²) in [6, 6.07) is 2.33. The highest BCUT2D eigenvalue weighted by Crippen LogP contribution is 2.21. The van der Waals surface area contributed by atoms with Crippen LogP contribution in [0, 0.1) is 16.7 Å². The molecule has 15 heavy (non-hydrogen) atoms. The first kappa shape index (κ1) is 11.8. The number of aromatic nitrogens is 2. The number of nitrogens with zero attached hydrogens (tertiary/aromatic N) is 3. The molecule has 0 unspecified atom stereocenters. The molecule has 3 nitrogen and oxygen atoms in total. The van der Waals surface area contributed by atoms with Crippen molar-refractivity contribution >= 4 is 0 Å². The third kappa shape index (κ3) is 3.39. The van der Waals surface area contributed by atoms with Gasteiger partial charge in [0.25, 0.3) is 0 Å². The Hall–Kier alpha value is -1.30. The first-order chi connectivity index (χ1) is 7.09. The minimum atomic E-state index is -0.201. The van der Waals surface area contributed by atoms with Crippen molar-refractivity contribution in [1.82, 2.24) is 9.55 Å². The van der Waals surface area contributed by atoms with Crippen LogP contribution in [0.5, 0.6) is 0 Å². The highest BCUT2D eigenvalue weighted by atomic mass is 15.1. The van der Waals surface area contributed by atoms with Crippen LogP contribution in [0.4, 0.5) is 0 Å². The lowest BCUT2D eigenvalue weighted by molar-refractivity contribution is 0.413. The largest absolute Gasteiger partial charge is 0.335 e. The highest BCUT2D eigenvalue weighted by Gasteiger charge is 2.15. The minimum absolute atomic E-state index is 0.201. The Bertz CT molecular complexity index is 344. The van der Waals surface area contributed by atoms with Crippen LogP contribution in [0.25, 0.3) is 0 Å². The van der Waals surface area contributed by atoms with Crippen molar-refractivity contribution in [2.24, 2.45) is 5.41 Å². The van der Waals surface area contributed by atoms with Gasteiger partial charge in [0, 0.05) is 25.4 Å². The van der Waals surface area contributed by atoms with Gasteiger partial charge in [-0.1, -0.05) is 6.92 Å². The Morgan fingerprint density at radius 1 is 1.53 bits per heavy atom. The summed E-state index contributed by atoms with van der Waals surface area (Å²) in [5, 5.41) is 8.88. The van der Waals surface area contributed by atoms with Crippen molar-refractivity contribution in [1.29, 1.82) is 5.26 Å². The van der Waals surface area contributed by atoms with E-state index in [-0.39, 0.29) is 5.41 Å². The molecule has 0 saturated heterocycles. The summed E-state index contributed by atoms with van der Waals surface area (Å²) in [6.07, 6.45) is 6.79. The Morgan fingerprint density at radius 3 is 2.87 bits per heavy atom. The summed E-state index contributed by atoms with van der Waals surface area (Å²) in [7, 11) is 0. The van der Waals surface area contributed by atoms with Gasteiger partial charge in [0.1, 0.15) is 5.82 Å². The lowest BCUT2D eigenvalue weighted by atomic mass is 9.90. The molecule has 3 heteroatoms. The van der Waals surface area contributed by atoms with Crippen molar-refractivity contribution in [2.75, 3.05) is 0 Å². The van der Waals surface area contributed by atoms with Gasteiger partial charge in [-0.3, -0.25) is 0 Å². The molecule has 0 N–H and O–H groups in total. The quantitative estimate of drug-likeness (QED) is 0.741. The molecule has 0 bridgehead atoms. The molecule has 1 aromatic heterocycles. The van der Waals surface area contributed by atoms with Gasteiger partial charge in [0.05, 0.1) is 11.5 Å². The maximum absolute atomic E-state index is 8.88. The SMILES string of the molecule is CCc1nccn1CCCC(C)(C)C#N. The molecule has 1 rings (SSSR count). The number of rotatable bonds is 5. The van der Waals surface area contributed by atoms with Crippen molar-refractivity contribution in [2.45, 2.75) is 46.6 Å². The molecule has 1 aromatic rings. The zero-order valence-electron chi connectivity index (χ0n) is 9.82. The molecule has 0 spiro atoms. The number of nitriles is 1. The third-order valence-corrected chi connectivity index (χ3v) is 2.62. The molecule has 1 heterocycles. The Kier molecular flexibility index (Phi) is 3.90. The zero-order chi connectivity index (χ0) is 11.3. The van der Waals surface area contributed by atoms with Crippen LogP contribution in [0.3, 0.4) is 0 Å². The van der Waals surface area contributed by atoms with Gasteiger partial charge in [-0.15, -0.1) is 0 Å². The van der Waals surface area contributed by atoms with E-state index in [9.17, 15) is 0 Å². The molecule has 0 radical (unpaired) electrons. The highest BCUT2D eigenvalue weighted by molar-refractivity contribution is 4.93. The van der Waals surface area contributed by atoms with Crippen molar-refractivity contribution in [3.8, 4) is 6.07 Å². The van der Waals surface area contributed by atoms with E-state index in [1.165, 1.54) is 0 Å². The maximum Gasteiger partial charge on any atom is 0.108 e. The van der Waals surface area contributed by atoms with E-state index in [2.05, 4.69) is 22.5 Å². The average Bonchev–Trinajstić information content (AvgIpc) is 2.65. The van der Waals surface area contributed by atoms with E-state index in [1.807, 2.05) is 26.2 Å². The molecule has 0 aromatic carbocycles. The lowest BCUT2D eigenvalue weighted by Gasteiger charge is -2.15. The third-order valence-electron chi connectivity index (χ3n) is 2.62. The van der Waals surface area contributed by atoms with Crippen LogP contribution in [-0.2, 0) is 13.0 Å². The maximum atomic E-state index is 8.88. The standard InChI is InChI=1S/C12H19N3/c1-4-11-14-7-9-15(11)8-5-6-12(2,3)10-13/h7,9H,4-6,8H2,1-3H3. The first-order valence-electron chi connectivity index (χ1n) is 5.50. The molecule has 0 saturated carbocycles. The molecule has 0 fully saturated rings. The van der Waals surface area contributed by atoms with E-state index in [1.54, 1.807) is 0 Å². The smallest absolute Gasteiger partial charge is 0.108 e. The molecule has 0 aliphatic rings. The van der Waals surface area contributed by atoms with Crippen molar-refractivity contribution in [3.63, 3.8) is 0 Å². The normalized spacial score (nSPS) is 11.3. The van der Waals surface area contributed by atoms with E-state index in [4.69, 9.17) is 5.26 Å². The van der Waals surface area contributed by atoms with Gasteiger partial charge in [-0.2, -0.15) is 5.26 Å². The van der Waals surface area contributed by atoms with Crippen LogP contribution >= 0.6 is 0 Å². The van der Waals surface area contributed by atoms with Crippen LogP contribution in [0.1, 0.15) is 39.4 Å². The Labute approximate surface area is 91.7 Å². The lowest BCUT2D eigenvalue weighted by Crippen LogP contribution is -2.10. The molecule has 82 valence electrons. The summed E-state index contributed by atoms with van der Waals surface area (Å²) >= 11 is 0.